The van der Waals surface area contributed by atoms with Crippen LogP contribution in [0.5, 0.6) is 11.5 Å². The topological polar surface area (TPSA) is 59.0 Å². The van der Waals surface area contributed by atoms with Gasteiger partial charge in [-0.25, -0.2) is 0 Å². The van der Waals surface area contributed by atoms with Crippen LogP contribution in [0, 0.1) is 6.92 Å². The van der Waals surface area contributed by atoms with E-state index in [2.05, 4.69) is 0 Å². The molecule has 0 saturated carbocycles. The van der Waals surface area contributed by atoms with Crippen LogP contribution in [0.2, 0.25) is 0 Å². The molecular formula is C15H21NO4. The lowest BCUT2D eigenvalue weighted by Crippen LogP contribution is -2.35. The standard InChI is InChI=1S/C15H21NO4/c1-10-13(19-2)7-6-11(14(10)20-3)9-16-8-4-5-12(16)15(17)18/h6-7,12H,4-5,8-9H2,1-3H3,(H,17,18). The van der Waals surface area contributed by atoms with Gasteiger partial charge in [0.1, 0.15) is 17.5 Å². The molecule has 110 valence electrons. The Morgan fingerprint density at radius 1 is 1.40 bits per heavy atom. The van der Waals surface area contributed by atoms with E-state index in [1.807, 2.05) is 24.0 Å². The first-order valence-electron chi connectivity index (χ1n) is 6.75. The van der Waals surface area contributed by atoms with Gasteiger partial charge >= 0.3 is 5.97 Å². The van der Waals surface area contributed by atoms with Crippen LogP contribution in [0.25, 0.3) is 0 Å². The molecular weight excluding hydrogens is 258 g/mol. The SMILES string of the molecule is COc1ccc(CN2CCCC2C(=O)O)c(OC)c1C. The molecule has 0 bridgehead atoms. The lowest BCUT2D eigenvalue weighted by Gasteiger charge is -2.23. The molecule has 1 saturated heterocycles. The molecule has 0 aliphatic carbocycles. The second-order valence-electron chi connectivity index (χ2n) is 5.05. The summed E-state index contributed by atoms with van der Waals surface area (Å²) in [7, 11) is 3.26. The minimum Gasteiger partial charge on any atom is -0.496 e. The summed E-state index contributed by atoms with van der Waals surface area (Å²) in [6.45, 7) is 3.34. The Kier molecular flexibility index (Phi) is 4.49. The third-order valence-corrected chi connectivity index (χ3v) is 3.88. The minimum atomic E-state index is -0.744. The molecule has 0 aromatic heterocycles. The summed E-state index contributed by atoms with van der Waals surface area (Å²) in [6.07, 6.45) is 1.64. The summed E-state index contributed by atoms with van der Waals surface area (Å²) < 4.78 is 10.8. The van der Waals surface area contributed by atoms with Crippen molar-refractivity contribution in [3.8, 4) is 11.5 Å². The van der Waals surface area contributed by atoms with Crippen molar-refractivity contribution >= 4 is 5.97 Å². The molecule has 1 aliphatic rings. The molecule has 1 aliphatic heterocycles. The zero-order valence-corrected chi connectivity index (χ0v) is 12.2. The molecule has 0 radical (unpaired) electrons. The predicted octanol–water partition coefficient (Wildman–Crippen LogP) is 2.06. The van der Waals surface area contributed by atoms with E-state index in [-0.39, 0.29) is 6.04 Å². The number of carboxylic acid groups (broad SMARTS) is 1. The third-order valence-electron chi connectivity index (χ3n) is 3.88. The number of ether oxygens (including phenoxy) is 2. The van der Waals surface area contributed by atoms with Gasteiger partial charge in [-0.3, -0.25) is 9.69 Å². The number of carboxylic acids is 1. The highest BCUT2D eigenvalue weighted by molar-refractivity contribution is 5.73. The number of hydrogen-bond acceptors (Lipinski definition) is 4. The Hall–Kier alpha value is -1.75. The van der Waals surface area contributed by atoms with Gasteiger partial charge in [0.25, 0.3) is 0 Å². The number of rotatable bonds is 5. The molecule has 1 aromatic carbocycles. The van der Waals surface area contributed by atoms with Gasteiger partial charge in [-0.2, -0.15) is 0 Å². The Balaban J connectivity index is 2.25. The Morgan fingerprint density at radius 3 is 2.75 bits per heavy atom. The van der Waals surface area contributed by atoms with Crippen molar-refractivity contribution in [1.82, 2.24) is 4.90 Å². The van der Waals surface area contributed by atoms with E-state index in [1.165, 1.54) is 0 Å². The average molecular weight is 279 g/mol. The summed E-state index contributed by atoms with van der Waals surface area (Å²) >= 11 is 0. The fraction of sp³-hybridized carbons (Fsp3) is 0.533. The molecule has 20 heavy (non-hydrogen) atoms. The number of hydrogen-bond donors (Lipinski definition) is 1. The molecule has 1 aromatic rings. The van der Waals surface area contributed by atoms with Gasteiger partial charge in [-0.15, -0.1) is 0 Å². The van der Waals surface area contributed by atoms with E-state index in [1.54, 1.807) is 14.2 Å². The second-order valence-corrected chi connectivity index (χ2v) is 5.05. The van der Waals surface area contributed by atoms with Crippen LogP contribution in [0.4, 0.5) is 0 Å². The van der Waals surface area contributed by atoms with Gasteiger partial charge in [0.05, 0.1) is 14.2 Å². The van der Waals surface area contributed by atoms with E-state index in [4.69, 9.17) is 9.47 Å². The lowest BCUT2D eigenvalue weighted by atomic mass is 10.1. The van der Waals surface area contributed by atoms with Gasteiger partial charge in [0, 0.05) is 17.7 Å². The van der Waals surface area contributed by atoms with E-state index < -0.39 is 5.97 Å². The van der Waals surface area contributed by atoms with Crippen molar-refractivity contribution in [2.45, 2.75) is 32.4 Å². The van der Waals surface area contributed by atoms with Crippen molar-refractivity contribution in [3.05, 3.63) is 23.3 Å². The molecule has 2 rings (SSSR count). The Labute approximate surface area is 119 Å². The zero-order chi connectivity index (χ0) is 14.7. The van der Waals surface area contributed by atoms with Crippen molar-refractivity contribution in [3.63, 3.8) is 0 Å². The van der Waals surface area contributed by atoms with Gasteiger partial charge < -0.3 is 14.6 Å². The molecule has 1 atom stereocenters. The fourth-order valence-corrected chi connectivity index (χ4v) is 2.87. The van der Waals surface area contributed by atoms with Crippen LogP contribution in [0.15, 0.2) is 12.1 Å². The number of carbonyl (C=O) groups is 1. The van der Waals surface area contributed by atoms with Crippen molar-refractivity contribution in [2.24, 2.45) is 0 Å². The average Bonchev–Trinajstić information content (AvgIpc) is 2.87. The predicted molar refractivity (Wildman–Crippen MR) is 75.4 cm³/mol. The van der Waals surface area contributed by atoms with Crippen molar-refractivity contribution < 1.29 is 19.4 Å². The minimum absolute atomic E-state index is 0.387. The maximum Gasteiger partial charge on any atom is 0.320 e. The zero-order valence-electron chi connectivity index (χ0n) is 12.2. The molecule has 0 amide bonds. The molecule has 1 heterocycles. The summed E-state index contributed by atoms with van der Waals surface area (Å²) in [4.78, 5) is 13.2. The van der Waals surface area contributed by atoms with Gasteiger partial charge in [-0.1, -0.05) is 6.07 Å². The third kappa shape index (κ3) is 2.72. The first kappa shape index (κ1) is 14.7. The summed E-state index contributed by atoms with van der Waals surface area (Å²) in [5, 5.41) is 9.23. The molecule has 0 spiro atoms. The van der Waals surface area contributed by atoms with Crippen LogP contribution < -0.4 is 9.47 Å². The number of likely N-dealkylation sites (tertiary alicyclic amines) is 1. The molecule has 1 unspecified atom stereocenters. The Morgan fingerprint density at radius 2 is 2.15 bits per heavy atom. The Bertz CT molecular complexity index is 501. The van der Waals surface area contributed by atoms with Crippen LogP contribution >= 0.6 is 0 Å². The van der Waals surface area contributed by atoms with Crippen LogP contribution in [-0.2, 0) is 11.3 Å². The number of nitrogens with zero attached hydrogens (tertiary/aromatic N) is 1. The first-order valence-corrected chi connectivity index (χ1v) is 6.75. The van der Waals surface area contributed by atoms with Crippen molar-refractivity contribution in [2.75, 3.05) is 20.8 Å². The van der Waals surface area contributed by atoms with E-state index in [9.17, 15) is 9.90 Å². The maximum absolute atomic E-state index is 11.2. The van der Waals surface area contributed by atoms with Crippen LogP contribution in [0.1, 0.15) is 24.0 Å². The van der Waals surface area contributed by atoms with Crippen molar-refractivity contribution in [1.29, 1.82) is 0 Å². The highest BCUT2D eigenvalue weighted by atomic mass is 16.5. The van der Waals surface area contributed by atoms with E-state index >= 15 is 0 Å². The summed E-state index contributed by atoms with van der Waals surface area (Å²) in [6, 6.07) is 3.46. The first-order chi connectivity index (χ1) is 9.58. The number of aliphatic carboxylic acids is 1. The number of methoxy groups -OCH3 is 2. The second kappa shape index (κ2) is 6.13. The maximum atomic E-state index is 11.2. The van der Waals surface area contributed by atoms with Crippen LogP contribution in [0.3, 0.4) is 0 Å². The highest BCUT2D eigenvalue weighted by Crippen LogP contribution is 2.33. The summed E-state index contributed by atoms with van der Waals surface area (Å²) in [5.74, 6) is 0.814. The smallest absolute Gasteiger partial charge is 0.320 e. The van der Waals surface area contributed by atoms with E-state index in [0.717, 1.165) is 35.6 Å². The lowest BCUT2D eigenvalue weighted by molar-refractivity contribution is -0.142. The molecule has 1 fully saturated rings. The quantitative estimate of drug-likeness (QED) is 0.894. The number of benzene rings is 1. The summed E-state index contributed by atoms with van der Waals surface area (Å²) in [5.41, 5.74) is 1.94. The van der Waals surface area contributed by atoms with Crippen LogP contribution in [-0.4, -0.2) is 42.8 Å². The van der Waals surface area contributed by atoms with Gasteiger partial charge in [0.15, 0.2) is 0 Å². The molecule has 1 N–H and O–H groups in total. The van der Waals surface area contributed by atoms with E-state index in [0.29, 0.717) is 13.0 Å². The highest BCUT2D eigenvalue weighted by Gasteiger charge is 2.31. The molecule has 5 heteroatoms. The van der Waals surface area contributed by atoms with Gasteiger partial charge in [-0.05, 0) is 32.4 Å². The fourth-order valence-electron chi connectivity index (χ4n) is 2.87. The monoisotopic (exact) mass is 279 g/mol. The largest absolute Gasteiger partial charge is 0.496 e. The normalized spacial score (nSPS) is 19.1. The van der Waals surface area contributed by atoms with Gasteiger partial charge in [0.2, 0.25) is 0 Å². The molecule has 5 nitrogen and oxygen atoms in total.